The van der Waals surface area contributed by atoms with Gasteiger partial charge in [-0.25, -0.2) is 4.79 Å². The van der Waals surface area contributed by atoms with Gasteiger partial charge >= 0.3 is 5.97 Å². The third-order valence-electron chi connectivity index (χ3n) is 2.31. The van der Waals surface area contributed by atoms with Gasteiger partial charge in [0.25, 0.3) is 5.06 Å². The zero-order valence-electron chi connectivity index (χ0n) is 6.63. The molecule has 0 aromatic carbocycles. The summed E-state index contributed by atoms with van der Waals surface area (Å²) in [6.45, 7) is 0.969. The van der Waals surface area contributed by atoms with Gasteiger partial charge in [-0.2, -0.15) is 0 Å². The predicted octanol–water partition coefficient (Wildman–Crippen LogP) is 0.284. The Morgan fingerprint density at radius 3 is 2.92 bits per heavy atom. The van der Waals surface area contributed by atoms with E-state index >= 15 is 0 Å². The minimum atomic E-state index is -1.28. The van der Waals surface area contributed by atoms with Crippen LogP contribution >= 0.6 is 11.6 Å². The Balaban J connectivity index is 2.12. The monoisotopic (exact) mass is 192 g/mol. The third kappa shape index (κ3) is 0.828. The van der Waals surface area contributed by atoms with Crippen molar-refractivity contribution < 1.29 is 19.0 Å². The highest BCUT2D eigenvalue weighted by atomic mass is 35.5. The summed E-state index contributed by atoms with van der Waals surface area (Å²) < 4.78 is 14.8. The van der Waals surface area contributed by atoms with Crippen molar-refractivity contribution in [3.8, 4) is 0 Å². The first kappa shape index (κ1) is 8.29. The van der Waals surface area contributed by atoms with Crippen molar-refractivity contribution in [2.75, 3.05) is 20.3 Å². The molecule has 2 aliphatic heterocycles. The Hall–Kier alpha value is -0.320. The second kappa shape index (κ2) is 2.34. The number of rotatable bonds is 1. The summed E-state index contributed by atoms with van der Waals surface area (Å²) in [7, 11) is 1.29. The van der Waals surface area contributed by atoms with Gasteiger partial charge < -0.3 is 14.2 Å². The van der Waals surface area contributed by atoms with Crippen LogP contribution in [-0.4, -0.2) is 37.0 Å². The van der Waals surface area contributed by atoms with E-state index < -0.39 is 16.6 Å². The van der Waals surface area contributed by atoms with Gasteiger partial charge in [-0.3, -0.25) is 0 Å². The van der Waals surface area contributed by atoms with E-state index in [1.807, 2.05) is 0 Å². The first-order valence-electron chi connectivity index (χ1n) is 3.70. The van der Waals surface area contributed by atoms with Crippen LogP contribution in [0.4, 0.5) is 0 Å². The van der Waals surface area contributed by atoms with E-state index in [0.29, 0.717) is 19.6 Å². The zero-order valence-corrected chi connectivity index (χ0v) is 7.39. The highest BCUT2D eigenvalue weighted by Gasteiger charge is 2.76. The van der Waals surface area contributed by atoms with E-state index in [1.54, 1.807) is 0 Å². The van der Waals surface area contributed by atoms with Crippen molar-refractivity contribution >= 4 is 17.6 Å². The minimum Gasteiger partial charge on any atom is -0.466 e. The molecule has 0 radical (unpaired) electrons. The molecule has 0 aromatic heterocycles. The van der Waals surface area contributed by atoms with Gasteiger partial charge in [0.15, 0.2) is 5.60 Å². The molecule has 12 heavy (non-hydrogen) atoms. The standard InChI is InChI=1S/C7H9ClO4/c1-10-5(9)7(8)6(12-7)2-3-11-4-6/h2-4H2,1H3. The molecule has 4 nitrogen and oxygen atoms in total. The van der Waals surface area contributed by atoms with Crippen LogP contribution in [0.3, 0.4) is 0 Å². The molecule has 2 aliphatic rings. The van der Waals surface area contributed by atoms with Crippen LogP contribution in [0.2, 0.25) is 0 Å². The molecule has 0 amide bonds. The fourth-order valence-corrected chi connectivity index (χ4v) is 1.86. The molecule has 0 bridgehead atoms. The quantitative estimate of drug-likeness (QED) is 0.340. The number of hydrogen-bond donors (Lipinski definition) is 0. The van der Waals surface area contributed by atoms with Gasteiger partial charge in [-0.15, -0.1) is 0 Å². The van der Waals surface area contributed by atoms with Crippen molar-refractivity contribution in [2.24, 2.45) is 0 Å². The first-order valence-corrected chi connectivity index (χ1v) is 4.08. The molecule has 2 saturated heterocycles. The number of methoxy groups -OCH3 is 1. The van der Waals surface area contributed by atoms with E-state index in [-0.39, 0.29) is 0 Å². The number of ether oxygens (including phenoxy) is 3. The maximum absolute atomic E-state index is 11.1. The van der Waals surface area contributed by atoms with E-state index in [9.17, 15) is 4.79 Å². The number of epoxide rings is 1. The second-order valence-electron chi connectivity index (χ2n) is 2.99. The number of carbonyl (C=O) groups excluding carboxylic acids is 1. The summed E-state index contributed by atoms with van der Waals surface area (Å²) in [5.74, 6) is -0.533. The fraction of sp³-hybridized carbons (Fsp3) is 0.857. The largest absolute Gasteiger partial charge is 0.466 e. The van der Waals surface area contributed by atoms with Crippen molar-refractivity contribution in [1.29, 1.82) is 0 Å². The van der Waals surface area contributed by atoms with Crippen molar-refractivity contribution in [1.82, 2.24) is 0 Å². The molecular weight excluding hydrogens is 184 g/mol. The van der Waals surface area contributed by atoms with Crippen LogP contribution in [0.25, 0.3) is 0 Å². The lowest BCUT2D eigenvalue weighted by Crippen LogP contribution is -2.30. The number of esters is 1. The highest BCUT2D eigenvalue weighted by molar-refractivity contribution is 6.36. The lowest BCUT2D eigenvalue weighted by molar-refractivity contribution is -0.143. The molecule has 2 fully saturated rings. The van der Waals surface area contributed by atoms with Gasteiger partial charge in [-0.05, 0) is 0 Å². The molecule has 0 aliphatic carbocycles. The topological polar surface area (TPSA) is 48.1 Å². The summed E-state index contributed by atoms with van der Waals surface area (Å²) in [5.41, 5.74) is -0.609. The van der Waals surface area contributed by atoms with E-state index in [0.717, 1.165) is 0 Å². The Labute approximate surface area is 74.7 Å². The Morgan fingerprint density at radius 2 is 2.42 bits per heavy atom. The average molecular weight is 193 g/mol. The van der Waals surface area contributed by atoms with E-state index in [1.165, 1.54) is 7.11 Å². The van der Waals surface area contributed by atoms with Crippen LogP contribution in [0.1, 0.15) is 6.42 Å². The molecular formula is C7H9ClO4. The number of halogens is 1. The first-order chi connectivity index (χ1) is 5.65. The van der Waals surface area contributed by atoms with Gasteiger partial charge in [-0.1, -0.05) is 11.6 Å². The second-order valence-corrected chi connectivity index (χ2v) is 3.52. The number of alkyl halides is 1. The number of hydrogen-bond acceptors (Lipinski definition) is 4. The fourth-order valence-electron chi connectivity index (χ4n) is 1.48. The Kier molecular flexibility index (Phi) is 1.62. The predicted molar refractivity (Wildman–Crippen MR) is 39.9 cm³/mol. The average Bonchev–Trinajstić information content (AvgIpc) is 2.50. The van der Waals surface area contributed by atoms with Crippen molar-refractivity contribution in [3.05, 3.63) is 0 Å². The zero-order chi connectivity index (χ0) is 8.82. The summed E-state index contributed by atoms with van der Waals surface area (Å²) >= 11 is 5.88. The minimum absolute atomic E-state index is 0.381. The van der Waals surface area contributed by atoms with E-state index in [4.69, 9.17) is 21.1 Å². The smallest absolute Gasteiger partial charge is 0.357 e. The van der Waals surface area contributed by atoms with Crippen LogP contribution < -0.4 is 0 Å². The molecule has 2 unspecified atom stereocenters. The van der Waals surface area contributed by atoms with Crippen LogP contribution in [0.15, 0.2) is 0 Å². The highest BCUT2D eigenvalue weighted by Crippen LogP contribution is 2.56. The molecule has 5 heteroatoms. The molecule has 2 heterocycles. The van der Waals surface area contributed by atoms with Gasteiger partial charge in [0.2, 0.25) is 0 Å². The summed E-state index contributed by atoms with van der Waals surface area (Å²) in [6, 6.07) is 0. The lowest BCUT2D eigenvalue weighted by atomic mass is 10.0. The van der Waals surface area contributed by atoms with Crippen LogP contribution in [0.5, 0.6) is 0 Å². The summed E-state index contributed by atoms with van der Waals surface area (Å²) in [6.07, 6.45) is 0.658. The molecule has 2 atom stereocenters. The van der Waals surface area contributed by atoms with Crippen molar-refractivity contribution in [2.45, 2.75) is 17.1 Å². The SMILES string of the molecule is COC(=O)C1(Cl)OC12CCOC2. The maximum Gasteiger partial charge on any atom is 0.357 e. The molecule has 1 spiro atoms. The Bertz CT molecular complexity index is 223. The number of carbonyl (C=O) groups is 1. The maximum atomic E-state index is 11.1. The molecule has 0 saturated carbocycles. The van der Waals surface area contributed by atoms with Gasteiger partial charge in [0.05, 0.1) is 13.7 Å². The molecule has 68 valence electrons. The van der Waals surface area contributed by atoms with Crippen LogP contribution in [0, 0.1) is 0 Å². The molecule has 0 N–H and O–H groups in total. The van der Waals surface area contributed by atoms with Gasteiger partial charge in [0, 0.05) is 13.0 Å². The molecule has 0 aromatic rings. The van der Waals surface area contributed by atoms with Crippen molar-refractivity contribution in [3.63, 3.8) is 0 Å². The normalized spacial score (nSPS) is 44.8. The Morgan fingerprint density at radius 1 is 1.67 bits per heavy atom. The van der Waals surface area contributed by atoms with Crippen LogP contribution in [-0.2, 0) is 19.0 Å². The summed E-state index contributed by atoms with van der Waals surface area (Å²) in [5, 5.41) is -1.28. The lowest BCUT2D eigenvalue weighted by Gasteiger charge is -2.04. The van der Waals surface area contributed by atoms with Gasteiger partial charge in [0.1, 0.15) is 0 Å². The van der Waals surface area contributed by atoms with E-state index in [2.05, 4.69) is 4.74 Å². The molecule has 2 rings (SSSR count). The summed E-state index contributed by atoms with van der Waals surface area (Å²) in [4.78, 5) is 11.1. The third-order valence-corrected chi connectivity index (χ3v) is 2.89.